The van der Waals surface area contributed by atoms with E-state index in [0.29, 0.717) is 30.1 Å². The molecule has 0 unspecified atom stereocenters. The van der Waals surface area contributed by atoms with E-state index in [-0.39, 0.29) is 24.0 Å². The van der Waals surface area contributed by atoms with Crippen molar-refractivity contribution in [3.8, 4) is 5.75 Å². The van der Waals surface area contributed by atoms with Gasteiger partial charge in [-0.15, -0.1) is 0 Å². The summed E-state index contributed by atoms with van der Waals surface area (Å²) in [6.07, 6.45) is 3.05. The first-order chi connectivity index (χ1) is 15.5. The maximum Gasteiger partial charge on any atom is 0.295 e. The van der Waals surface area contributed by atoms with Crippen LogP contribution in [0.25, 0.3) is 5.76 Å². The minimum Gasteiger partial charge on any atom is -0.507 e. The molecule has 2 atom stereocenters. The third-order valence-electron chi connectivity index (χ3n) is 5.62. The van der Waals surface area contributed by atoms with Crippen LogP contribution in [0.4, 0.5) is 4.39 Å². The van der Waals surface area contributed by atoms with Crippen LogP contribution in [-0.4, -0.2) is 47.6 Å². The topological polar surface area (TPSA) is 76.1 Å². The second kappa shape index (κ2) is 9.36. The average Bonchev–Trinajstić information content (AvgIpc) is 3.40. The maximum atomic E-state index is 14.0. The fraction of sp³-hybridized carbons (Fsp3) is 0.280. The fourth-order valence-corrected chi connectivity index (χ4v) is 4.12. The van der Waals surface area contributed by atoms with Crippen LogP contribution < -0.4 is 4.74 Å². The lowest BCUT2D eigenvalue weighted by Crippen LogP contribution is -2.36. The van der Waals surface area contributed by atoms with Gasteiger partial charge in [0.25, 0.3) is 11.7 Å². The Bertz CT molecular complexity index is 1060. The molecule has 0 saturated carbocycles. The molecule has 32 heavy (non-hydrogen) atoms. The van der Waals surface area contributed by atoms with Gasteiger partial charge in [0.05, 0.1) is 17.7 Å². The summed E-state index contributed by atoms with van der Waals surface area (Å²) in [5.41, 5.74) is 0.695. The Kier molecular flexibility index (Phi) is 6.37. The van der Waals surface area contributed by atoms with Crippen molar-refractivity contribution in [2.24, 2.45) is 0 Å². The van der Waals surface area contributed by atoms with Crippen molar-refractivity contribution in [2.45, 2.75) is 25.0 Å². The lowest BCUT2D eigenvalue weighted by Gasteiger charge is -2.27. The number of halogens is 1. The molecule has 7 heteroatoms. The molecule has 4 rings (SSSR count). The van der Waals surface area contributed by atoms with Crippen LogP contribution >= 0.6 is 0 Å². The van der Waals surface area contributed by atoms with Gasteiger partial charge < -0.3 is 19.5 Å². The Labute approximate surface area is 185 Å². The summed E-state index contributed by atoms with van der Waals surface area (Å²) >= 11 is 0. The minimum atomic E-state index is -0.911. The molecule has 2 aromatic carbocycles. The van der Waals surface area contributed by atoms with E-state index in [2.05, 4.69) is 6.58 Å². The van der Waals surface area contributed by atoms with Gasteiger partial charge in [-0.1, -0.05) is 24.8 Å². The molecule has 0 aliphatic carbocycles. The van der Waals surface area contributed by atoms with Crippen molar-refractivity contribution in [1.82, 2.24) is 4.90 Å². The number of hydrogen-bond donors (Lipinski definition) is 1. The van der Waals surface area contributed by atoms with Crippen LogP contribution in [0.5, 0.6) is 5.75 Å². The standard InChI is InChI=1S/C25H24FNO5/c1-2-12-31-19-10-8-16(9-11-19)23(28)21-22(17-5-3-6-18(26)14-17)27(25(30)24(21)29)15-20-7-4-13-32-20/h2-3,5-6,8-11,14,20,22,28H,1,4,7,12-13,15H2/t20-,22+/m0/s1. The quantitative estimate of drug-likeness (QED) is 0.307. The van der Waals surface area contributed by atoms with Gasteiger partial charge in [0.15, 0.2) is 0 Å². The smallest absolute Gasteiger partial charge is 0.295 e. The van der Waals surface area contributed by atoms with Crippen LogP contribution in [0.1, 0.15) is 30.0 Å². The number of likely N-dealkylation sites (tertiary alicyclic amines) is 1. The number of aliphatic hydroxyl groups excluding tert-OH is 1. The molecule has 0 spiro atoms. The van der Waals surface area contributed by atoms with E-state index in [9.17, 15) is 19.1 Å². The minimum absolute atomic E-state index is 0.0710. The zero-order valence-corrected chi connectivity index (χ0v) is 17.5. The molecular formula is C25H24FNO5. The molecule has 0 aromatic heterocycles. The largest absolute Gasteiger partial charge is 0.507 e. The van der Waals surface area contributed by atoms with Crippen LogP contribution in [0.3, 0.4) is 0 Å². The Morgan fingerprint density at radius 3 is 2.69 bits per heavy atom. The van der Waals surface area contributed by atoms with Crippen molar-refractivity contribution in [3.05, 3.63) is 83.7 Å². The molecule has 1 amide bonds. The number of rotatable bonds is 7. The number of hydrogen-bond acceptors (Lipinski definition) is 5. The number of benzene rings is 2. The number of nitrogens with zero attached hydrogens (tertiary/aromatic N) is 1. The summed E-state index contributed by atoms with van der Waals surface area (Å²) in [4.78, 5) is 27.3. The zero-order valence-electron chi connectivity index (χ0n) is 17.5. The predicted molar refractivity (Wildman–Crippen MR) is 117 cm³/mol. The van der Waals surface area contributed by atoms with Gasteiger partial charge in [-0.05, 0) is 54.8 Å². The van der Waals surface area contributed by atoms with Gasteiger partial charge in [-0.3, -0.25) is 9.59 Å². The summed E-state index contributed by atoms with van der Waals surface area (Å²) in [6, 6.07) is 11.3. The van der Waals surface area contributed by atoms with Crippen molar-refractivity contribution in [2.75, 3.05) is 19.8 Å². The van der Waals surface area contributed by atoms with Crippen LogP contribution in [0, 0.1) is 5.82 Å². The summed E-state index contributed by atoms with van der Waals surface area (Å²) in [5, 5.41) is 11.1. The lowest BCUT2D eigenvalue weighted by atomic mass is 9.95. The number of ketones is 1. The third kappa shape index (κ3) is 4.29. The third-order valence-corrected chi connectivity index (χ3v) is 5.62. The highest BCUT2D eigenvalue weighted by Gasteiger charge is 2.47. The monoisotopic (exact) mass is 437 g/mol. The maximum absolute atomic E-state index is 14.0. The molecule has 2 aliphatic heterocycles. The van der Waals surface area contributed by atoms with E-state index in [1.807, 2.05) is 0 Å². The highest BCUT2D eigenvalue weighted by molar-refractivity contribution is 6.46. The summed E-state index contributed by atoms with van der Waals surface area (Å²) < 4.78 is 25.1. The molecule has 0 bridgehead atoms. The lowest BCUT2D eigenvalue weighted by molar-refractivity contribution is -0.140. The van der Waals surface area contributed by atoms with Crippen molar-refractivity contribution in [3.63, 3.8) is 0 Å². The van der Waals surface area contributed by atoms with Gasteiger partial charge in [0.2, 0.25) is 0 Å². The van der Waals surface area contributed by atoms with E-state index in [0.717, 1.165) is 12.8 Å². The summed E-state index contributed by atoms with van der Waals surface area (Å²) in [5.74, 6) is -1.78. The second-order valence-electron chi connectivity index (χ2n) is 7.77. The molecule has 166 valence electrons. The summed E-state index contributed by atoms with van der Waals surface area (Å²) in [6.45, 7) is 4.71. The Morgan fingerprint density at radius 1 is 1.25 bits per heavy atom. The predicted octanol–water partition coefficient (Wildman–Crippen LogP) is 3.99. The molecule has 6 nitrogen and oxygen atoms in total. The van der Waals surface area contributed by atoms with Gasteiger partial charge in [-0.2, -0.15) is 0 Å². The molecule has 2 saturated heterocycles. The van der Waals surface area contributed by atoms with E-state index in [4.69, 9.17) is 9.47 Å². The van der Waals surface area contributed by atoms with E-state index in [1.165, 1.54) is 23.1 Å². The molecule has 0 radical (unpaired) electrons. The molecule has 2 fully saturated rings. The fourth-order valence-electron chi connectivity index (χ4n) is 4.12. The first kappa shape index (κ1) is 21.8. The highest BCUT2D eigenvalue weighted by Crippen LogP contribution is 2.40. The van der Waals surface area contributed by atoms with Gasteiger partial charge >= 0.3 is 0 Å². The number of carbonyl (C=O) groups is 2. The number of carbonyl (C=O) groups excluding carboxylic acids is 2. The van der Waals surface area contributed by atoms with Crippen LogP contribution in [-0.2, 0) is 14.3 Å². The van der Waals surface area contributed by atoms with Crippen molar-refractivity contribution >= 4 is 17.4 Å². The van der Waals surface area contributed by atoms with Gasteiger partial charge in [0, 0.05) is 18.7 Å². The first-order valence-corrected chi connectivity index (χ1v) is 10.5. The Hall–Kier alpha value is -3.45. The Balaban J connectivity index is 1.75. The van der Waals surface area contributed by atoms with Gasteiger partial charge in [0.1, 0.15) is 23.9 Å². The SMILES string of the molecule is C=CCOc1ccc(C(O)=C2C(=O)C(=O)N(C[C@@H]3CCCO3)[C@@H]2c2cccc(F)c2)cc1. The number of aliphatic hydroxyl groups is 1. The van der Waals surface area contributed by atoms with Gasteiger partial charge in [-0.25, -0.2) is 4.39 Å². The number of Topliss-reactive ketones (excluding diaryl/α,β-unsaturated/α-hetero) is 1. The second-order valence-corrected chi connectivity index (χ2v) is 7.77. The highest BCUT2D eigenvalue weighted by atomic mass is 19.1. The molecule has 1 N–H and O–H groups in total. The zero-order chi connectivity index (χ0) is 22.7. The molecular weight excluding hydrogens is 413 g/mol. The number of ether oxygens (including phenoxy) is 2. The van der Waals surface area contributed by atoms with E-state index < -0.39 is 23.5 Å². The normalized spacial score (nSPS) is 22.3. The van der Waals surface area contributed by atoms with Crippen molar-refractivity contribution < 1.29 is 28.6 Å². The van der Waals surface area contributed by atoms with Crippen LogP contribution in [0.2, 0.25) is 0 Å². The molecule has 2 aliphatic rings. The van der Waals surface area contributed by atoms with Crippen molar-refractivity contribution in [1.29, 1.82) is 0 Å². The average molecular weight is 437 g/mol. The first-order valence-electron chi connectivity index (χ1n) is 10.5. The molecule has 2 heterocycles. The Morgan fingerprint density at radius 2 is 2.03 bits per heavy atom. The van der Waals surface area contributed by atoms with E-state index in [1.54, 1.807) is 36.4 Å². The molecule has 2 aromatic rings. The van der Waals surface area contributed by atoms with Crippen LogP contribution in [0.15, 0.2) is 66.8 Å². The number of amides is 1. The summed E-state index contributed by atoms with van der Waals surface area (Å²) in [7, 11) is 0. The van der Waals surface area contributed by atoms with E-state index >= 15 is 0 Å².